The molecular weight excluding hydrogens is 323 g/mol. The van der Waals surface area contributed by atoms with Gasteiger partial charge in [-0.3, -0.25) is 0 Å². The minimum absolute atomic E-state index is 0.0170. The van der Waals surface area contributed by atoms with Gasteiger partial charge in [-0.15, -0.1) is 0 Å². The van der Waals surface area contributed by atoms with E-state index in [1.54, 1.807) is 6.92 Å². The Hall–Kier alpha value is -1.51. The van der Waals surface area contributed by atoms with Crippen LogP contribution in [0, 0.1) is 5.82 Å². The van der Waals surface area contributed by atoms with Crippen molar-refractivity contribution in [3.8, 4) is 0 Å². The van der Waals surface area contributed by atoms with Crippen LogP contribution in [0.2, 0.25) is 0 Å². The van der Waals surface area contributed by atoms with Gasteiger partial charge >= 0.3 is 5.97 Å². The molecule has 23 heavy (non-hydrogen) atoms. The lowest BCUT2D eigenvalue weighted by Gasteiger charge is -2.30. The van der Waals surface area contributed by atoms with Crippen LogP contribution in [-0.4, -0.2) is 39.6 Å². The number of sulfonamides is 1. The number of hydrogen-bond donors (Lipinski definition) is 2. The number of piperidine rings is 1. The highest BCUT2D eigenvalue weighted by atomic mass is 32.2. The number of nitrogens with one attached hydrogen (secondary N) is 2. The van der Waals surface area contributed by atoms with Crippen LogP contribution in [0.3, 0.4) is 0 Å². The molecule has 2 unspecified atom stereocenters. The first-order valence-electron chi connectivity index (χ1n) is 7.57. The Bertz CT molecular complexity index is 678. The van der Waals surface area contributed by atoms with Crippen LogP contribution in [0.4, 0.5) is 4.39 Å². The van der Waals surface area contributed by atoms with Gasteiger partial charge in [0.1, 0.15) is 5.82 Å². The number of ether oxygens (including phenoxy) is 1. The Morgan fingerprint density at radius 3 is 2.83 bits per heavy atom. The van der Waals surface area contributed by atoms with Gasteiger partial charge in [-0.2, -0.15) is 0 Å². The van der Waals surface area contributed by atoms with Gasteiger partial charge in [0, 0.05) is 12.1 Å². The first-order valence-corrected chi connectivity index (χ1v) is 9.05. The summed E-state index contributed by atoms with van der Waals surface area (Å²) >= 11 is 0. The van der Waals surface area contributed by atoms with Gasteiger partial charge < -0.3 is 10.1 Å². The highest BCUT2D eigenvalue weighted by molar-refractivity contribution is 7.89. The fourth-order valence-electron chi connectivity index (χ4n) is 2.52. The molecule has 0 radical (unpaired) electrons. The maximum atomic E-state index is 13.7. The molecule has 1 aliphatic rings. The van der Waals surface area contributed by atoms with Crippen molar-refractivity contribution < 1.29 is 22.3 Å². The number of carbonyl (C=O) groups excluding carboxylic acids is 1. The first kappa shape index (κ1) is 17.8. The second kappa shape index (κ2) is 7.37. The molecule has 2 rings (SSSR count). The molecule has 1 aliphatic heterocycles. The van der Waals surface area contributed by atoms with Gasteiger partial charge in [0.05, 0.1) is 17.1 Å². The molecule has 2 N–H and O–H groups in total. The molecule has 0 saturated carbocycles. The normalized spacial score (nSPS) is 21.9. The van der Waals surface area contributed by atoms with Crippen LogP contribution in [0.1, 0.15) is 37.0 Å². The number of benzene rings is 1. The Kier molecular flexibility index (Phi) is 5.72. The van der Waals surface area contributed by atoms with Gasteiger partial charge in [0.2, 0.25) is 10.0 Å². The molecule has 0 aliphatic carbocycles. The monoisotopic (exact) mass is 344 g/mol. The molecule has 0 amide bonds. The highest BCUT2D eigenvalue weighted by Crippen LogP contribution is 2.18. The lowest BCUT2D eigenvalue weighted by atomic mass is 10.0. The molecule has 128 valence electrons. The van der Waals surface area contributed by atoms with Crippen LogP contribution < -0.4 is 10.0 Å². The molecule has 6 nitrogen and oxygen atoms in total. The van der Waals surface area contributed by atoms with E-state index in [9.17, 15) is 17.6 Å². The van der Waals surface area contributed by atoms with Gasteiger partial charge in [-0.05, 0) is 51.4 Å². The largest absolute Gasteiger partial charge is 0.462 e. The Labute approximate surface area is 135 Å². The van der Waals surface area contributed by atoms with Crippen molar-refractivity contribution in [1.82, 2.24) is 10.0 Å². The summed E-state index contributed by atoms with van der Waals surface area (Å²) in [5, 5.41) is 3.19. The van der Waals surface area contributed by atoms with Crippen molar-refractivity contribution in [2.45, 2.75) is 43.7 Å². The van der Waals surface area contributed by atoms with Gasteiger partial charge in [0.15, 0.2) is 0 Å². The third-order valence-corrected chi connectivity index (χ3v) is 5.23. The number of hydrogen-bond acceptors (Lipinski definition) is 5. The maximum absolute atomic E-state index is 13.7. The van der Waals surface area contributed by atoms with Crippen molar-refractivity contribution in [1.29, 1.82) is 0 Å². The average Bonchev–Trinajstić information content (AvgIpc) is 2.49. The molecular formula is C15H21FN2O4S. The van der Waals surface area contributed by atoms with E-state index in [0.29, 0.717) is 6.42 Å². The molecule has 1 aromatic carbocycles. The summed E-state index contributed by atoms with van der Waals surface area (Å²) in [4.78, 5) is 11.4. The standard InChI is InChI=1S/C15H21FN2O4S/c1-3-22-15(19)11-7-12(16)9-13(8-11)23(20,21)18-14-5-4-6-17-10(14)2/h7-10,14,17-18H,3-6H2,1-2H3. The Morgan fingerprint density at radius 1 is 1.43 bits per heavy atom. The minimum atomic E-state index is -3.92. The number of rotatable bonds is 5. The molecule has 0 spiro atoms. The van der Waals surface area contributed by atoms with Crippen molar-refractivity contribution in [2.24, 2.45) is 0 Å². The zero-order valence-electron chi connectivity index (χ0n) is 13.1. The summed E-state index contributed by atoms with van der Waals surface area (Å²) < 4.78 is 46.0. The van der Waals surface area contributed by atoms with E-state index in [2.05, 4.69) is 10.0 Å². The van der Waals surface area contributed by atoms with Gasteiger partial charge in [-0.25, -0.2) is 22.3 Å². The van der Waals surface area contributed by atoms with Crippen LogP contribution in [0.25, 0.3) is 0 Å². The smallest absolute Gasteiger partial charge is 0.338 e. The number of carbonyl (C=O) groups is 1. The third-order valence-electron chi connectivity index (χ3n) is 3.76. The predicted molar refractivity (Wildman–Crippen MR) is 83.2 cm³/mol. The molecule has 2 atom stereocenters. The fraction of sp³-hybridized carbons (Fsp3) is 0.533. The van der Waals surface area contributed by atoms with E-state index in [1.165, 1.54) is 0 Å². The van der Waals surface area contributed by atoms with Crippen molar-refractivity contribution in [3.05, 3.63) is 29.6 Å². The minimum Gasteiger partial charge on any atom is -0.462 e. The van der Waals surface area contributed by atoms with Crippen LogP contribution in [0.15, 0.2) is 23.1 Å². The van der Waals surface area contributed by atoms with E-state index in [4.69, 9.17) is 4.74 Å². The highest BCUT2D eigenvalue weighted by Gasteiger charge is 2.27. The summed E-state index contributed by atoms with van der Waals surface area (Å²) in [5.74, 6) is -1.55. The number of esters is 1. The maximum Gasteiger partial charge on any atom is 0.338 e. The second-order valence-electron chi connectivity index (χ2n) is 5.51. The molecule has 0 bridgehead atoms. The zero-order chi connectivity index (χ0) is 17.0. The molecule has 8 heteroatoms. The quantitative estimate of drug-likeness (QED) is 0.789. The predicted octanol–water partition coefficient (Wildman–Crippen LogP) is 1.42. The summed E-state index contributed by atoms with van der Waals surface area (Å²) in [6.07, 6.45) is 1.56. The summed E-state index contributed by atoms with van der Waals surface area (Å²) in [7, 11) is -3.92. The number of halogens is 1. The van der Waals surface area contributed by atoms with Crippen LogP contribution >= 0.6 is 0 Å². The summed E-state index contributed by atoms with van der Waals surface area (Å²) in [6.45, 7) is 4.48. The van der Waals surface area contributed by atoms with Crippen molar-refractivity contribution in [2.75, 3.05) is 13.2 Å². The SMILES string of the molecule is CCOC(=O)c1cc(F)cc(S(=O)(=O)NC2CCCNC2C)c1. The van der Waals surface area contributed by atoms with E-state index < -0.39 is 21.8 Å². The molecule has 1 fully saturated rings. The van der Waals surface area contributed by atoms with E-state index in [-0.39, 0.29) is 29.1 Å². The molecule has 1 heterocycles. The van der Waals surface area contributed by atoms with E-state index in [0.717, 1.165) is 31.2 Å². The third kappa shape index (κ3) is 4.49. The first-order chi connectivity index (χ1) is 10.8. The molecule has 0 aromatic heterocycles. The van der Waals surface area contributed by atoms with E-state index in [1.807, 2.05) is 6.92 Å². The van der Waals surface area contributed by atoms with Crippen LogP contribution in [0.5, 0.6) is 0 Å². The van der Waals surface area contributed by atoms with Crippen molar-refractivity contribution in [3.63, 3.8) is 0 Å². The zero-order valence-corrected chi connectivity index (χ0v) is 14.0. The topological polar surface area (TPSA) is 84.5 Å². The average molecular weight is 344 g/mol. The lowest BCUT2D eigenvalue weighted by Crippen LogP contribution is -2.51. The lowest BCUT2D eigenvalue weighted by molar-refractivity contribution is 0.0525. The Balaban J connectivity index is 2.26. The second-order valence-corrected chi connectivity index (χ2v) is 7.22. The van der Waals surface area contributed by atoms with E-state index >= 15 is 0 Å². The fourth-order valence-corrected chi connectivity index (χ4v) is 3.93. The summed E-state index contributed by atoms with van der Waals surface area (Å²) in [5.41, 5.74) is -0.123. The van der Waals surface area contributed by atoms with Gasteiger partial charge in [-0.1, -0.05) is 0 Å². The van der Waals surface area contributed by atoms with Crippen molar-refractivity contribution >= 4 is 16.0 Å². The van der Waals surface area contributed by atoms with Gasteiger partial charge in [0.25, 0.3) is 0 Å². The Morgan fingerprint density at radius 2 is 2.17 bits per heavy atom. The molecule has 1 aromatic rings. The molecule has 1 saturated heterocycles. The van der Waals surface area contributed by atoms with Crippen LogP contribution in [-0.2, 0) is 14.8 Å². The summed E-state index contributed by atoms with van der Waals surface area (Å²) in [6, 6.07) is 2.69.